The molecule has 0 N–H and O–H groups in total. The monoisotopic (exact) mass is 254 g/mol. The molecule has 0 bridgehead atoms. The minimum Gasteiger partial charge on any atom is -0.301 e. The van der Waals surface area contributed by atoms with E-state index in [-0.39, 0.29) is 0 Å². The van der Waals surface area contributed by atoms with Crippen molar-refractivity contribution in [3.05, 3.63) is 0 Å². The van der Waals surface area contributed by atoms with Crippen molar-refractivity contribution in [3.63, 3.8) is 0 Å². The normalized spacial score (nSPS) is 24.0. The average molecular weight is 254 g/mol. The van der Waals surface area contributed by atoms with Gasteiger partial charge in [-0.15, -0.1) is 0 Å². The smallest absolute Gasteiger partial charge is 0.00388 e. The molecule has 2 heterocycles. The highest BCUT2D eigenvalue weighted by atomic mass is 15.2. The third-order valence-corrected chi connectivity index (χ3v) is 4.37. The molecule has 0 aromatic carbocycles. The molecule has 0 amide bonds. The Morgan fingerprint density at radius 3 is 1.44 bits per heavy atom. The molecule has 0 aliphatic carbocycles. The van der Waals surface area contributed by atoms with Crippen LogP contribution in [0.5, 0.6) is 0 Å². The number of piperidine rings is 1. The maximum Gasteiger partial charge on any atom is 0.00388 e. The van der Waals surface area contributed by atoms with E-state index in [0.29, 0.717) is 0 Å². The molecule has 0 spiro atoms. The summed E-state index contributed by atoms with van der Waals surface area (Å²) in [5, 5.41) is 0. The highest BCUT2D eigenvalue weighted by Crippen LogP contribution is 2.17. The fraction of sp³-hybridized carbons (Fsp3) is 1.00. The van der Waals surface area contributed by atoms with Gasteiger partial charge >= 0.3 is 0 Å². The average Bonchev–Trinajstić information content (AvgIpc) is 2.26. The summed E-state index contributed by atoms with van der Waals surface area (Å²) in [5.41, 5.74) is 0. The minimum atomic E-state index is 0.757. The van der Waals surface area contributed by atoms with Gasteiger partial charge in [-0.05, 0) is 65.5 Å². The number of likely N-dealkylation sites (tertiary alicyclic amines) is 2. The summed E-state index contributed by atoms with van der Waals surface area (Å²) in [5.74, 6) is 1.92. The van der Waals surface area contributed by atoms with Gasteiger partial charge in [0.2, 0.25) is 0 Å². The topological polar surface area (TPSA) is 6.48 Å². The Labute approximate surface area is 115 Å². The molecule has 2 fully saturated rings. The second-order valence-electron chi connectivity index (χ2n) is 6.97. The molecule has 0 radical (unpaired) electrons. The number of hydrogen-bond acceptors (Lipinski definition) is 2. The maximum absolute atomic E-state index is 2.57. The summed E-state index contributed by atoms with van der Waals surface area (Å²) >= 11 is 0. The third kappa shape index (κ3) is 5.27. The van der Waals surface area contributed by atoms with Crippen molar-refractivity contribution >= 4 is 0 Å². The lowest BCUT2D eigenvalue weighted by atomic mass is 9.98. The Balaban J connectivity index is 0.000000184. The van der Waals surface area contributed by atoms with Crippen molar-refractivity contribution in [1.82, 2.24) is 9.80 Å². The maximum atomic E-state index is 2.57. The van der Waals surface area contributed by atoms with Gasteiger partial charge in [-0.2, -0.15) is 0 Å². The van der Waals surface area contributed by atoms with Crippen LogP contribution < -0.4 is 0 Å². The molecule has 0 aromatic heterocycles. The van der Waals surface area contributed by atoms with Crippen molar-refractivity contribution in [1.29, 1.82) is 0 Å². The van der Waals surface area contributed by atoms with Crippen LogP contribution in [0.15, 0.2) is 0 Å². The van der Waals surface area contributed by atoms with Crippen LogP contribution in [-0.2, 0) is 0 Å². The van der Waals surface area contributed by atoms with Crippen molar-refractivity contribution < 1.29 is 0 Å². The van der Waals surface area contributed by atoms with Crippen LogP contribution in [0.3, 0.4) is 0 Å². The fourth-order valence-electron chi connectivity index (χ4n) is 2.71. The van der Waals surface area contributed by atoms with Gasteiger partial charge in [-0.3, -0.25) is 0 Å². The van der Waals surface area contributed by atoms with Crippen molar-refractivity contribution in [3.8, 4) is 0 Å². The van der Waals surface area contributed by atoms with Crippen LogP contribution in [0.1, 0.15) is 54.4 Å². The van der Waals surface area contributed by atoms with Crippen LogP contribution in [0.25, 0.3) is 0 Å². The van der Waals surface area contributed by atoms with Gasteiger partial charge in [0.05, 0.1) is 0 Å². The van der Waals surface area contributed by atoms with Gasteiger partial charge < -0.3 is 9.80 Å². The first-order valence-electron chi connectivity index (χ1n) is 7.88. The van der Waals surface area contributed by atoms with Gasteiger partial charge in [0.25, 0.3) is 0 Å². The van der Waals surface area contributed by atoms with Gasteiger partial charge in [-0.25, -0.2) is 0 Å². The Bertz CT molecular complexity index is 211. The number of nitrogens with zero attached hydrogens (tertiary/aromatic N) is 2. The lowest BCUT2D eigenvalue weighted by Gasteiger charge is -2.40. The van der Waals surface area contributed by atoms with Crippen molar-refractivity contribution in [2.24, 2.45) is 11.8 Å². The number of hydrogen-bond donors (Lipinski definition) is 0. The van der Waals surface area contributed by atoms with Gasteiger partial charge in [0, 0.05) is 25.2 Å². The Kier molecular flexibility index (Phi) is 6.65. The van der Waals surface area contributed by atoms with E-state index in [2.05, 4.69) is 51.3 Å². The Morgan fingerprint density at radius 1 is 0.722 bits per heavy atom. The zero-order chi connectivity index (χ0) is 13.7. The van der Waals surface area contributed by atoms with E-state index in [9.17, 15) is 0 Å². The molecule has 2 aliphatic heterocycles. The molecule has 18 heavy (non-hydrogen) atoms. The lowest BCUT2D eigenvalue weighted by molar-refractivity contribution is 0.0787. The van der Waals surface area contributed by atoms with E-state index < -0.39 is 0 Å². The van der Waals surface area contributed by atoms with Crippen LogP contribution in [0.2, 0.25) is 0 Å². The van der Waals surface area contributed by atoms with Crippen LogP contribution >= 0.6 is 0 Å². The third-order valence-electron chi connectivity index (χ3n) is 4.37. The van der Waals surface area contributed by atoms with Crippen molar-refractivity contribution in [2.45, 2.75) is 66.5 Å². The van der Waals surface area contributed by atoms with E-state index in [4.69, 9.17) is 0 Å². The molecule has 0 atom stereocenters. The second-order valence-corrected chi connectivity index (χ2v) is 6.97. The fourth-order valence-corrected chi connectivity index (χ4v) is 2.71. The molecule has 0 unspecified atom stereocenters. The molecular weight excluding hydrogens is 220 g/mol. The molecule has 2 nitrogen and oxygen atoms in total. The summed E-state index contributed by atoms with van der Waals surface area (Å²) in [4.78, 5) is 5.06. The van der Waals surface area contributed by atoms with Gasteiger partial charge in [0.1, 0.15) is 0 Å². The first-order valence-corrected chi connectivity index (χ1v) is 7.88. The quantitative estimate of drug-likeness (QED) is 0.744. The zero-order valence-electron chi connectivity index (χ0n) is 13.4. The van der Waals surface area contributed by atoms with E-state index in [1.807, 2.05) is 0 Å². The van der Waals surface area contributed by atoms with Gasteiger partial charge in [0.15, 0.2) is 0 Å². The first kappa shape index (κ1) is 16.0. The van der Waals surface area contributed by atoms with Crippen LogP contribution in [-0.4, -0.2) is 48.1 Å². The zero-order valence-corrected chi connectivity index (χ0v) is 13.4. The lowest BCUT2D eigenvalue weighted by Crippen LogP contribution is -2.48. The highest BCUT2D eigenvalue weighted by Gasteiger charge is 2.23. The summed E-state index contributed by atoms with van der Waals surface area (Å²) in [6.45, 7) is 19.0. The van der Waals surface area contributed by atoms with E-state index in [0.717, 1.165) is 23.9 Å². The molecular formula is C16H34N2. The van der Waals surface area contributed by atoms with Crippen LogP contribution in [0.4, 0.5) is 0 Å². The predicted octanol–water partition coefficient (Wildman–Crippen LogP) is 3.47. The molecule has 2 heteroatoms. The highest BCUT2D eigenvalue weighted by molar-refractivity contribution is 4.78. The predicted molar refractivity (Wildman–Crippen MR) is 81.0 cm³/mol. The molecule has 0 aromatic rings. The minimum absolute atomic E-state index is 0.757. The summed E-state index contributed by atoms with van der Waals surface area (Å²) in [7, 11) is 0. The Morgan fingerprint density at radius 2 is 1.17 bits per heavy atom. The SMILES string of the molecule is CC1CCN(C(C)C)CC1.CC1CN(C(C)C)C1. The van der Waals surface area contributed by atoms with Gasteiger partial charge in [-0.1, -0.05) is 13.8 Å². The van der Waals surface area contributed by atoms with E-state index >= 15 is 0 Å². The molecule has 108 valence electrons. The second kappa shape index (κ2) is 7.49. The number of rotatable bonds is 2. The molecule has 2 saturated heterocycles. The largest absolute Gasteiger partial charge is 0.301 e. The van der Waals surface area contributed by atoms with Crippen molar-refractivity contribution in [2.75, 3.05) is 26.2 Å². The van der Waals surface area contributed by atoms with E-state index in [1.54, 1.807) is 0 Å². The summed E-state index contributed by atoms with van der Waals surface area (Å²) in [6, 6.07) is 1.53. The Hall–Kier alpha value is -0.0800. The standard InChI is InChI=1S/C9H19N.C7H15N/c1-8(2)10-6-4-9(3)5-7-10;1-6(2)8-4-7(3)5-8/h8-9H,4-7H2,1-3H3;6-7H,4-5H2,1-3H3. The van der Waals surface area contributed by atoms with E-state index in [1.165, 1.54) is 39.0 Å². The molecule has 0 saturated carbocycles. The van der Waals surface area contributed by atoms with Crippen LogP contribution in [0, 0.1) is 11.8 Å². The molecule has 2 rings (SSSR count). The first-order chi connectivity index (χ1) is 8.40. The summed E-state index contributed by atoms with van der Waals surface area (Å²) in [6.07, 6.45) is 2.80. The molecule has 2 aliphatic rings. The summed E-state index contributed by atoms with van der Waals surface area (Å²) < 4.78 is 0.